The van der Waals surface area contributed by atoms with E-state index in [4.69, 9.17) is 47.4 Å². The minimum atomic E-state index is -1.90. The number of hydrogen-bond donors (Lipinski definition) is 8. The smallest absolute Gasteiger partial charge is 0.367 e. The van der Waals surface area contributed by atoms with E-state index in [0.717, 1.165) is 31.2 Å². The zero-order valence-corrected chi connectivity index (χ0v) is 32.0. The van der Waals surface area contributed by atoms with E-state index in [2.05, 4.69) is 0 Å². The molecular weight excluding hydrogens is 816 g/mol. The molecule has 0 saturated carbocycles. The minimum Gasteiger partial charge on any atom is -0.471 e. The van der Waals surface area contributed by atoms with E-state index in [9.17, 15) is 60.0 Å². The van der Waals surface area contributed by atoms with Crippen LogP contribution in [0.25, 0.3) is 0 Å². The third-order valence-electron chi connectivity index (χ3n) is 11.2. The van der Waals surface area contributed by atoms with Gasteiger partial charge in [0, 0.05) is 18.8 Å². The maximum atomic E-state index is 13.7. The number of hydrogen-bond acceptors (Lipinski definition) is 23. The summed E-state index contributed by atoms with van der Waals surface area (Å²) in [5, 5.41) is 83.8. The molecular formula is C36H44O22S. The number of fused-ring (bicyclic) bond motifs is 1. The van der Waals surface area contributed by atoms with Crippen LogP contribution in [0.4, 0.5) is 4.79 Å². The topological polar surface area (TPSA) is 322 Å². The van der Waals surface area contributed by atoms with Crippen LogP contribution in [0.2, 0.25) is 0 Å². The summed E-state index contributed by atoms with van der Waals surface area (Å²) in [6, 6.07) is 0. The Hall–Kier alpha value is -3.69. The summed E-state index contributed by atoms with van der Waals surface area (Å²) in [4.78, 5) is 49.7. The van der Waals surface area contributed by atoms with E-state index in [0.29, 0.717) is 5.57 Å². The van der Waals surface area contributed by atoms with Crippen molar-refractivity contribution in [2.24, 2.45) is 23.7 Å². The Balaban J connectivity index is 1.04. The molecule has 326 valence electrons. The summed E-state index contributed by atoms with van der Waals surface area (Å²) < 4.78 is 55.8. The Morgan fingerprint density at radius 1 is 0.695 bits per heavy atom. The lowest BCUT2D eigenvalue weighted by atomic mass is 9.82. The molecule has 0 unspecified atom stereocenters. The molecule has 0 bridgehead atoms. The van der Waals surface area contributed by atoms with Crippen LogP contribution in [0.5, 0.6) is 0 Å². The summed E-state index contributed by atoms with van der Waals surface area (Å²) in [7, 11) is 0. The Morgan fingerprint density at radius 2 is 1.27 bits per heavy atom. The Kier molecular flexibility index (Phi) is 13.0. The van der Waals surface area contributed by atoms with Crippen molar-refractivity contribution in [1.82, 2.24) is 0 Å². The minimum absolute atomic E-state index is 0.198. The first-order valence-electron chi connectivity index (χ1n) is 18.5. The Morgan fingerprint density at radius 3 is 1.90 bits per heavy atom. The molecule has 23 heteroatoms. The molecule has 8 N–H and O–H groups in total. The molecule has 0 aromatic carbocycles. The highest BCUT2D eigenvalue weighted by molar-refractivity contribution is 8.12. The Bertz CT molecular complexity index is 1760. The summed E-state index contributed by atoms with van der Waals surface area (Å²) >= 11 is 0.844. The molecule has 7 rings (SSSR count). The first-order chi connectivity index (χ1) is 28.1. The summed E-state index contributed by atoms with van der Waals surface area (Å²) in [5.74, 6) is -6.07. The molecule has 22 nitrogen and oxygen atoms in total. The van der Waals surface area contributed by atoms with Gasteiger partial charge in [-0.2, -0.15) is 0 Å². The first-order valence-corrected chi connectivity index (χ1v) is 19.7. The van der Waals surface area contributed by atoms with E-state index >= 15 is 0 Å². The van der Waals surface area contributed by atoms with Crippen LogP contribution >= 0.6 is 11.8 Å². The monoisotopic (exact) mass is 860 g/mol. The van der Waals surface area contributed by atoms with Gasteiger partial charge in [0.1, 0.15) is 74.8 Å². The van der Waals surface area contributed by atoms with Crippen LogP contribution in [0.3, 0.4) is 0 Å². The van der Waals surface area contributed by atoms with Gasteiger partial charge in [0.25, 0.3) is 0 Å². The van der Waals surface area contributed by atoms with Crippen molar-refractivity contribution in [2.45, 2.75) is 93.1 Å². The van der Waals surface area contributed by atoms with E-state index in [1.54, 1.807) is 6.08 Å². The fourth-order valence-corrected chi connectivity index (χ4v) is 8.39. The highest BCUT2D eigenvalue weighted by Gasteiger charge is 2.57. The molecule has 18 atom stereocenters. The summed E-state index contributed by atoms with van der Waals surface area (Å²) in [6.07, 6.45) is -15.6. The fourth-order valence-electron chi connectivity index (χ4n) is 8.21. The number of carbonyl (C=O) groups excluding carboxylic acids is 4. The van der Waals surface area contributed by atoms with Crippen LogP contribution < -0.4 is 0 Å². The molecule has 0 aromatic heterocycles. The van der Waals surface area contributed by atoms with E-state index in [1.807, 2.05) is 0 Å². The van der Waals surface area contributed by atoms with Crippen LogP contribution in [0.15, 0.2) is 47.0 Å². The van der Waals surface area contributed by atoms with Gasteiger partial charge in [-0.1, -0.05) is 6.08 Å². The van der Waals surface area contributed by atoms with E-state index in [1.165, 1.54) is 12.3 Å². The SMILES string of the molecule is CSC(=O)OCC1=C[C@@H]2OC(=O)C3=CO[C@@H](O[C@@H]4O[C@H](COC(=O)C5=CO[C@@H](O[C@@H]6O[C@H](CO)[C@@H](O)[C@H](O)[C@H]6O)[C@@H]6C(COC(C)=O)=C[C@H](O)[C@H]56)[C@@H](O)[C@H](O)[C@H]4O)[C@H]1[C@@H]32. The molecule has 0 aromatic rings. The largest absolute Gasteiger partial charge is 0.471 e. The average molecular weight is 861 g/mol. The van der Waals surface area contributed by atoms with Gasteiger partial charge in [0.05, 0.1) is 48.2 Å². The molecule has 5 aliphatic heterocycles. The van der Waals surface area contributed by atoms with E-state index in [-0.39, 0.29) is 29.9 Å². The highest BCUT2D eigenvalue weighted by atomic mass is 32.2. The molecule has 3 fully saturated rings. The van der Waals surface area contributed by atoms with Crippen LogP contribution in [-0.4, -0.2) is 183 Å². The molecule has 5 heterocycles. The zero-order valence-electron chi connectivity index (χ0n) is 31.2. The van der Waals surface area contributed by atoms with Gasteiger partial charge in [-0.15, -0.1) is 0 Å². The number of ether oxygens (including phenoxy) is 10. The van der Waals surface area contributed by atoms with Crippen molar-refractivity contribution in [2.75, 3.05) is 32.7 Å². The third kappa shape index (κ3) is 8.36. The van der Waals surface area contributed by atoms with Crippen molar-refractivity contribution >= 4 is 35.0 Å². The van der Waals surface area contributed by atoms with Crippen molar-refractivity contribution in [3.05, 3.63) is 47.0 Å². The lowest BCUT2D eigenvalue weighted by Gasteiger charge is -2.43. The second kappa shape index (κ2) is 17.7. The van der Waals surface area contributed by atoms with Gasteiger partial charge in [-0.3, -0.25) is 4.79 Å². The number of aliphatic hydroxyl groups excluding tert-OH is 8. The van der Waals surface area contributed by atoms with Crippen molar-refractivity contribution in [3.63, 3.8) is 0 Å². The zero-order chi connectivity index (χ0) is 42.4. The van der Waals surface area contributed by atoms with Crippen molar-refractivity contribution < 1.29 is 107 Å². The van der Waals surface area contributed by atoms with Crippen LogP contribution in [0.1, 0.15) is 6.92 Å². The molecule has 59 heavy (non-hydrogen) atoms. The maximum absolute atomic E-state index is 13.7. The number of thioether (sulfide) groups is 1. The van der Waals surface area contributed by atoms with Gasteiger partial charge in [-0.25, -0.2) is 14.4 Å². The fraction of sp³-hybridized carbons (Fsp3) is 0.667. The van der Waals surface area contributed by atoms with Gasteiger partial charge in [0.15, 0.2) is 12.6 Å². The van der Waals surface area contributed by atoms with Crippen molar-refractivity contribution in [1.29, 1.82) is 0 Å². The number of esters is 3. The average Bonchev–Trinajstić information content (AvgIpc) is 3.86. The normalized spacial score (nSPS) is 42.1. The molecule has 7 aliphatic rings. The van der Waals surface area contributed by atoms with Crippen LogP contribution in [-0.2, 0) is 61.8 Å². The quantitative estimate of drug-likeness (QED) is 0.0533. The lowest BCUT2D eigenvalue weighted by Crippen LogP contribution is -2.60. The number of rotatable bonds is 12. The molecule has 3 saturated heterocycles. The molecule has 0 spiro atoms. The standard InChI is InChI=1S/C36H44O22S/c1-11(38)49-6-12-3-16(39)22-14(8-51-32(20(12)22)57-34-28(44)26(42)24(40)18(5-37)55-34)30(46)50-10-19-25(41)27(43)29(45)35(56-19)58-33-21-13(7-53-36(48)59-2)4-17-23(21)15(9-52-33)31(47)54-17/h3-4,8-9,16-29,32-35,37,39-45H,5-7,10H2,1-2H3/t16-,17-,18+,19+,20+,21+,22-,23-,24+,25+,26-,27-,28+,29+,32-,33-,34-,35-/m0/s1. The maximum Gasteiger partial charge on any atom is 0.367 e. The predicted octanol–water partition coefficient (Wildman–Crippen LogP) is -3.66. The predicted molar refractivity (Wildman–Crippen MR) is 187 cm³/mol. The lowest BCUT2D eigenvalue weighted by molar-refractivity contribution is -0.340. The number of carbonyl (C=O) groups is 4. The third-order valence-corrected chi connectivity index (χ3v) is 11.6. The van der Waals surface area contributed by atoms with Gasteiger partial charge >= 0.3 is 23.2 Å². The number of aliphatic hydroxyl groups is 8. The molecule has 2 aliphatic carbocycles. The van der Waals surface area contributed by atoms with Gasteiger partial charge in [0.2, 0.25) is 12.6 Å². The van der Waals surface area contributed by atoms with Crippen molar-refractivity contribution in [3.8, 4) is 0 Å². The highest BCUT2D eigenvalue weighted by Crippen LogP contribution is 2.50. The van der Waals surface area contributed by atoms with Gasteiger partial charge < -0.3 is 88.2 Å². The summed E-state index contributed by atoms with van der Waals surface area (Å²) in [5.41, 5.74) is 0.656. The molecule has 0 radical (unpaired) electrons. The first kappa shape index (κ1) is 43.4. The summed E-state index contributed by atoms with van der Waals surface area (Å²) in [6.45, 7) is -0.945. The Labute approximate surface area is 338 Å². The second-order valence-corrected chi connectivity index (χ2v) is 15.4. The van der Waals surface area contributed by atoms with Crippen LogP contribution in [0, 0.1) is 23.7 Å². The molecule has 0 amide bonds. The van der Waals surface area contributed by atoms with Gasteiger partial charge in [-0.05, 0) is 35.2 Å². The van der Waals surface area contributed by atoms with E-state index < -0.39 is 146 Å². The second-order valence-electron chi connectivity index (χ2n) is 14.7.